The predicted molar refractivity (Wildman–Crippen MR) is 57.9 cm³/mol. The second-order valence-electron chi connectivity index (χ2n) is 3.11. The number of hydrogen-bond acceptors (Lipinski definition) is 4. The van der Waals surface area contributed by atoms with Crippen LogP contribution in [-0.4, -0.2) is 23.2 Å². The summed E-state index contributed by atoms with van der Waals surface area (Å²) in [6, 6.07) is 1.61. The number of nitrogens with zero attached hydrogens (tertiary/aromatic N) is 1. The SMILES string of the molecule is COc1c(C)cc(C(=O)O)c2scnc12. The number of benzene rings is 1. The summed E-state index contributed by atoms with van der Waals surface area (Å²) in [4.78, 5) is 15.1. The van der Waals surface area contributed by atoms with Crippen molar-refractivity contribution >= 4 is 27.5 Å². The van der Waals surface area contributed by atoms with Gasteiger partial charge in [-0.3, -0.25) is 0 Å². The quantitative estimate of drug-likeness (QED) is 0.848. The van der Waals surface area contributed by atoms with Gasteiger partial charge in [-0.2, -0.15) is 0 Å². The number of fused-ring (bicyclic) bond motifs is 1. The summed E-state index contributed by atoms with van der Waals surface area (Å²) in [6.45, 7) is 1.81. The smallest absolute Gasteiger partial charge is 0.337 e. The van der Waals surface area contributed by atoms with Crippen LogP contribution in [0.5, 0.6) is 5.75 Å². The Hall–Kier alpha value is -1.62. The molecule has 0 unspecified atom stereocenters. The molecule has 2 rings (SSSR count). The first-order chi connectivity index (χ1) is 7.15. The molecule has 0 aliphatic heterocycles. The molecule has 1 N–H and O–H groups in total. The van der Waals surface area contributed by atoms with E-state index in [-0.39, 0.29) is 5.56 Å². The number of aryl methyl sites for hydroxylation is 1. The van der Waals surface area contributed by atoms with Gasteiger partial charge in [0.2, 0.25) is 0 Å². The Balaban J connectivity index is 2.86. The lowest BCUT2D eigenvalue weighted by Crippen LogP contribution is -1.99. The number of aromatic carboxylic acids is 1. The van der Waals surface area contributed by atoms with Crippen LogP contribution >= 0.6 is 11.3 Å². The molecule has 5 heteroatoms. The van der Waals surface area contributed by atoms with Gasteiger partial charge in [-0.25, -0.2) is 9.78 Å². The molecular formula is C10H9NO3S. The minimum atomic E-state index is -0.935. The van der Waals surface area contributed by atoms with E-state index in [4.69, 9.17) is 9.84 Å². The normalized spacial score (nSPS) is 10.5. The molecule has 0 saturated carbocycles. The van der Waals surface area contributed by atoms with Crippen molar-refractivity contribution in [2.24, 2.45) is 0 Å². The molecule has 0 radical (unpaired) electrons. The van der Waals surface area contributed by atoms with Crippen molar-refractivity contribution in [2.45, 2.75) is 6.92 Å². The summed E-state index contributed by atoms with van der Waals surface area (Å²) < 4.78 is 5.86. The van der Waals surface area contributed by atoms with Crippen molar-refractivity contribution in [3.05, 3.63) is 22.7 Å². The van der Waals surface area contributed by atoms with Gasteiger partial charge in [0.05, 0.1) is 22.9 Å². The Bertz CT molecular complexity index is 533. The lowest BCUT2D eigenvalue weighted by molar-refractivity contribution is 0.0699. The molecule has 78 valence electrons. The number of aromatic nitrogens is 1. The number of carboxylic acids is 1. The number of carboxylic acid groups (broad SMARTS) is 1. The topological polar surface area (TPSA) is 59.4 Å². The molecule has 4 nitrogen and oxygen atoms in total. The third-order valence-electron chi connectivity index (χ3n) is 2.18. The monoisotopic (exact) mass is 223 g/mol. The van der Waals surface area contributed by atoms with E-state index in [1.54, 1.807) is 18.7 Å². The van der Waals surface area contributed by atoms with Crippen LogP contribution in [0.15, 0.2) is 11.6 Å². The van der Waals surface area contributed by atoms with E-state index in [0.29, 0.717) is 16.0 Å². The predicted octanol–water partition coefficient (Wildman–Crippen LogP) is 2.31. The third kappa shape index (κ3) is 1.45. The summed E-state index contributed by atoms with van der Waals surface area (Å²) in [5.41, 5.74) is 3.32. The molecule has 0 saturated heterocycles. The summed E-state index contributed by atoms with van der Waals surface area (Å²) >= 11 is 1.31. The van der Waals surface area contributed by atoms with E-state index in [2.05, 4.69) is 4.98 Å². The van der Waals surface area contributed by atoms with Gasteiger partial charge < -0.3 is 9.84 Å². The Morgan fingerprint density at radius 1 is 1.60 bits per heavy atom. The highest BCUT2D eigenvalue weighted by Crippen LogP contribution is 2.33. The van der Waals surface area contributed by atoms with Gasteiger partial charge in [-0.1, -0.05) is 0 Å². The zero-order valence-electron chi connectivity index (χ0n) is 8.27. The second kappa shape index (κ2) is 3.51. The molecule has 0 aliphatic carbocycles. The molecule has 0 amide bonds. The van der Waals surface area contributed by atoms with Crippen LogP contribution < -0.4 is 4.74 Å². The van der Waals surface area contributed by atoms with E-state index in [0.717, 1.165) is 5.56 Å². The highest BCUT2D eigenvalue weighted by Gasteiger charge is 2.16. The average molecular weight is 223 g/mol. The number of ether oxygens (including phenoxy) is 1. The minimum Gasteiger partial charge on any atom is -0.494 e. The molecule has 1 aromatic heterocycles. The van der Waals surface area contributed by atoms with Crippen LogP contribution in [0.3, 0.4) is 0 Å². The summed E-state index contributed by atoms with van der Waals surface area (Å²) in [5, 5.41) is 9.03. The lowest BCUT2D eigenvalue weighted by Gasteiger charge is -2.06. The first kappa shape index (κ1) is 9.92. The van der Waals surface area contributed by atoms with Crippen molar-refractivity contribution < 1.29 is 14.6 Å². The maximum absolute atomic E-state index is 11.0. The zero-order valence-corrected chi connectivity index (χ0v) is 9.09. The highest BCUT2D eigenvalue weighted by atomic mass is 32.1. The maximum Gasteiger partial charge on any atom is 0.337 e. The average Bonchev–Trinajstić information content (AvgIpc) is 2.64. The number of carbonyl (C=O) groups is 1. The molecule has 0 aliphatic rings. The van der Waals surface area contributed by atoms with Gasteiger partial charge in [0.1, 0.15) is 11.3 Å². The van der Waals surface area contributed by atoms with Gasteiger partial charge >= 0.3 is 5.97 Å². The highest BCUT2D eigenvalue weighted by molar-refractivity contribution is 7.17. The van der Waals surface area contributed by atoms with Crippen LogP contribution in [0, 0.1) is 6.92 Å². The van der Waals surface area contributed by atoms with Crippen molar-refractivity contribution in [3.8, 4) is 5.75 Å². The summed E-state index contributed by atoms with van der Waals surface area (Å²) in [5.74, 6) is -0.286. The number of methoxy groups -OCH3 is 1. The molecular weight excluding hydrogens is 214 g/mol. The van der Waals surface area contributed by atoms with Crippen LogP contribution in [-0.2, 0) is 0 Å². The number of thiazole rings is 1. The van der Waals surface area contributed by atoms with Crippen molar-refractivity contribution in [2.75, 3.05) is 7.11 Å². The largest absolute Gasteiger partial charge is 0.494 e. The summed E-state index contributed by atoms with van der Waals surface area (Å²) in [7, 11) is 1.56. The molecule has 0 bridgehead atoms. The molecule has 0 atom stereocenters. The second-order valence-corrected chi connectivity index (χ2v) is 3.96. The van der Waals surface area contributed by atoms with E-state index in [9.17, 15) is 4.79 Å². The Morgan fingerprint density at radius 3 is 2.93 bits per heavy atom. The van der Waals surface area contributed by atoms with E-state index >= 15 is 0 Å². The van der Waals surface area contributed by atoms with E-state index in [1.165, 1.54) is 11.3 Å². The lowest BCUT2D eigenvalue weighted by atomic mass is 10.1. The fraction of sp³-hybridized carbons (Fsp3) is 0.200. The Morgan fingerprint density at radius 2 is 2.33 bits per heavy atom. The van der Waals surface area contributed by atoms with Crippen LogP contribution in [0.25, 0.3) is 10.2 Å². The van der Waals surface area contributed by atoms with E-state index < -0.39 is 5.97 Å². The number of rotatable bonds is 2. The fourth-order valence-electron chi connectivity index (χ4n) is 1.55. The molecule has 1 aromatic carbocycles. The minimum absolute atomic E-state index is 0.283. The standard InChI is InChI=1S/C10H9NO3S/c1-5-3-6(10(12)13)9-7(8(5)14-2)11-4-15-9/h3-4H,1-2H3,(H,12,13). The van der Waals surface area contributed by atoms with Crippen LogP contribution in [0.4, 0.5) is 0 Å². The number of hydrogen-bond donors (Lipinski definition) is 1. The molecule has 1 heterocycles. The first-order valence-electron chi connectivity index (χ1n) is 4.29. The van der Waals surface area contributed by atoms with Gasteiger partial charge in [0, 0.05) is 0 Å². The van der Waals surface area contributed by atoms with Crippen molar-refractivity contribution in [1.82, 2.24) is 4.98 Å². The van der Waals surface area contributed by atoms with Crippen molar-refractivity contribution in [3.63, 3.8) is 0 Å². The van der Waals surface area contributed by atoms with E-state index in [1.807, 2.05) is 6.92 Å². The molecule has 0 spiro atoms. The van der Waals surface area contributed by atoms with Gasteiger partial charge in [-0.15, -0.1) is 11.3 Å². The Kier molecular flexibility index (Phi) is 2.32. The Labute approximate surface area is 90.1 Å². The zero-order chi connectivity index (χ0) is 11.0. The van der Waals surface area contributed by atoms with Crippen molar-refractivity contribution in [1.29, 1.82) is 0 Å². The maximum atomic E-state index is 11.0. The van der Waals surface area contributed by atoms with Gasteiger partial charge in [0.15, 0.2) is 0 Å². The van der Waals surface area contributed by atoms with Crippen LogP contribution in [0.1, 0.15) is 15.9 Å². The molecule has 15 heavy (non-hydrogen) atoms. The molecule has 0 fully saturated rings. The first-order valence-corrected chi connectivity index (χ1v) is 5.17. The molecule has 2 aromatic rings. The van der Waals surface area contributed by atoms with Crippen LogP contribution in [0.2, 0.25) is 0 Å². The third-order valence-corrected chi connectivity index (χ3v) is 3.04. The van der Waals surface area contributed by atoms with Gasteiger partial charge in [0.25, 0.3) is 0 Å². The summed E-state index contributed by atoms with van der Waals surface area (Å²) in [6.07, 6.45) is 0. The fourth-order valence-corrected chi connectivity index (χ4v) is 2.34. The van der Waals surface area contributed by atoms with Gasteiger partial charge in [-0.05, 0) is 18.6 Å².